The standard InChI is InChI=1S/C24H26N4O/c1-27(18-19-7-3-2-4-8-19)23-14-9-20(17-25-23)24(29)26-21-10-12-22(13-11-21)28-15-5-6-16-28/h2-4,7-14,17H,5-6,15-16,18H2,1H3,(H,26,29). The molecule has 0 atom stereocenters. The van der Waals surface area contributed by atoms with E-state index in [1.54, 1.807) is 6.20 Å². The molecule has 1 aromatic heterocycles. The van der Waals surface area contributed by atoms with Crippen LogP contribution in [0.2, 0.25) is 0 Å². The molecular formula is C24H26N4O. The molecule has 1 N–H and O–H groups in total. The minimum atomic E-state index is -0.149. The molecular weight excluding hydrogens is 360 g/mol. The van der Waals surface area contributed by atoms with Crippen molar-refractivity contribution in [3.8, 4) is 0 Å². The van der Waals surface area contributed by atoms with Crippen molar-refractivity contribution in [2.24, 2.45) is 0 Å². The lowest BCUT2D eigenvalue weighted by molar-refractivity contribution is 0.102. The van der Waals surface area contributed by atoms with Crippen LogP contribution in [0.15, 0.2) is 72.9 Å². The zero-order chi connectivity index (χ0) is 20.1. The van der Waals surface area contributed by atoms with E-state index in [1.807, 2.05) is 49.5 Å². The maximum atomic E-state index is 12.6. The van der Waals surface area contributed by atoms with E-state index in [9.17, 15) is 4.79 Å². The summed E-state index contributed by atoms with van der Waals surface area (Å²) in [6.45, 7) is 2.99. The Bertz CT molecular complexity index is 933. The van der Waals surface area contributed by atoms with E-state index in [0.29, 0.717) is 5.56 Å². The normalized spacial score (nSPS) is 13.3. The molecule has 4 rings (SSSR count). The summed E-state index contributed by atoms with van der Waals surface area (Å²) in [5.41, 5.74) is 3.78. The van der Waals surface area contributed by atoms with E-state index in [2.05, 4.69) is 44.4 Å². The Hall–Kier alpha value is -3.34. The second-order valence-electron chi connectivity index (χ2n) is 7.44. The molecule has 0 radical (unpaired) electrons. The molecule has 0 unspecified atom stereocenters. The summed E-state index contributed by atoms with van der Waals surface area (Å²) in [5.74, 6) is 0.684. The molecule has 3 aromatic rings. The fourth-order valence-corrected chi connectivity index (χ4v) is 3.62. The van der Waals surface area contributed by atoms with Gasteiger partial charge in [0.2, 0.25) is 0 Å². The van der Waals surface area contributed by atoms with Gasteiger partial charge in [0.05, 0.1) is 5.56 Å². The van der Waals surface area contributed by atoms with Crippen LogP contribution in [0.5, 0.6) is 0 Å². The molecule has 0 saturated carbocycles. The maximum absolute atomic E-state index is 12.6. The lowest BCUT2D eigenvalue weighted by Crippen LogP contribution is -2.19. The quantitative estimate of drug-likeness (QED) is 0.674. The van der Waals surface area contributed by atoms with Crippen molar-refractivity contribution in [1.29, 1.82) is 0 Å². The molecule has 2 aromatic carbocycles. The van der Waals surface area contributed by atoms with Gasteiger partial charge in [0.15, 0.2) is 0 Å². The molecule has 1 amide bonds. The molecule has 1 aliphatic heterocycles. The number of nitrogens with zero attached hydrogens (tertiary/aromatic N) is 3. The zero-order valence-electron chi connectivity index (χ0n) is 16.7. The highest BCUT2D eigenvalue weighted by Crippen LogP contribution is 2.22. The van der Waals surface area contributed by atoms with Gasteiger partial charge in [0.1, 0.15) is 5.82 Å². The van der Waals surface area contributed by atoms with Crippen molar-refractivity contribution in [3.63, 3.8) is 0 Å². The largest absolute Gasteiger partial charge is 0.372 e. The number of nitrogens with one attached hydrogen (secondary N) is 1. The predicted molar refractivity (Wildman–Crippen MR) is 119 cm³/mol. The van der Waals surface area contributed by atoms with Gasteiger partial charge in [-0.1, -0.05) is 30.3 Å². The summed E-state index contributed by atoms with van der Waals surface area (Å²) < 4.78 is 0. The zero-order valence-corrected chi connectivity index (χ0v) is 16.7. The number of amides is 1. The van der Waals surface area contributed by atoms with E-state index in [0.717, 1.165) is 31.1 Å². The fourth-order valence-electron chi connectivity index (χ4n) is 3.62. The first-order valence-corrected chi connectivity index (χ1v) is 10.1. The Morgan fingerprint density at radius 3 is 2.38 bits per heavy atom. The number of benzene rings is 2. The Labute approximate surface area is 172 Å². The Morgan fingerprint density at radius 2 is 1.72 bits per heavy atom. The highest BCUT2D eigenvalue weighted by Gasteiger charge is 2.13. The van der Waals surface area contributed by atoms with E-state index in [1.165, 1.54) is 24.1 Å². The van der Waals surface area contributed by atoms with Crippen LogP contribution in [0.25, 0.3) is 0 Å². The van der Waals surface area contributed by atoms with E-state index in [-0.39, 0.29) is 5.91 Å². The first kappa shape index (κ1) is 19.0. The Balaban J connectivity index is 1.36. The smallest absolute Gasteiger partial charge is 0.257 e. The summed E-state index contributed by atoms with van der Waals surface area (Å²) in [5, 5.41) is 2.95. The third-order valence-electron chi connectivity index (χ3n) is 5.26. The first-order chi connectivity index (χ1) is 14.2. The third-order valence-corrected chi connectivity index (χ3v) is 5.26. The molecule has 148 valence electrons. The Kier molecular flexibility index (Phi) is 5.75. The number of rotatable bonds is 6. The number of hydrogen-bond acceptors (Lipinski definition) is 4. The number of pyridine rings is 1. The van der Waals surface area contributed by atoms with Gasteiger partial charge in [-0.15, -0.1) is 0 Å². The van der Waals surface area contributed by atoms with Crippen molar-refractivity contribution in [2.75, 3.05) is 35.3 Å². The van der Waals surface area contributed by atoms with Gasteiger partial charge in [-0.05, 0) is 54.8 Å². The summed E-state index contributed by atoms with van der Waals surface area (Å²) >= 11 is 0. The number of aromatic nitrogens is 1. The molecule has 1 fully saturated rings. The predicted octanol–water partition coefficient (Wildman–Crippen LogP) is 4.57. The van der Waals surface area contributed by atoms with Crippen LogP contribution in [0, 0.1) is 0 Å². The van der Waals surface area contributed by atoms with Crippen LogP contribution in [-0.4, -0.2) is 31.0 Å². The molecule has 2 heterocycles. The third kappa shape index (κ3) is 4.74. The number of carbonyl (C=O) groups excluding carboxylic acids is 1. The van der Waals surface area contributed by atoms with Crippen LogP contribution in [0.4, 0.5) is 17.2 Å². The van der Waals surface area contributed by atoms with Gasteiger partial charge in [-0.25, -0.2) is 4.98 Å². The van der Waals surface area contributed by atoms with Gasteiger partial charge in [0, 0.05) is 44.3 Å². The highest BCUT2D eigenvalue weighted by molar-refractivity contribution is 6.04. The maximum Gasteiger partial charge on any atom is 0.257 e. The minimum Gasteiger partial charge on any atom is -0.372 e. The van der Waals surface area contributed by atoms with Gasteiger partial charge in [-0.2, -0.15) is 0 Å². The number of hydrogen-bond donors (Lipinski definition) is 1. The highest BCUT2D eigenvalue weighted by atomic mass is 16.1. The fraction of sp³-hybridized carbons (Fsp3) is 0.250. The van der Waals surface area contributed by atoms with Crippen LogP contribution in [0.1, 0.15) is 28.8 Å². The summed E-state index contributed by atoms with van der Waals surface area (Å²) in [4.78, 5) is 21.5. The van der Waals surface area contributed by atoms with Crippen molar-refractivity contribution in [3.05, 3.63) is 84.1 Å². The summed E-state index contributed by atoms with van der Waals surface area (Å²) in [6, 6.07) is 22.0. The Morgan fingerprint density at radius 1 is 1.00 bits per heavy atom. The SMILES string of the molecule is CN(Cc1ccccc1)c1ccc(C(=O)Nc2ccc(N3CCCC3)cc2)cn1. The van der Waals surface area contributed by atoms with Crippen LogP contribution >= 0.6 is 0 Å². The first-order valence-electron chi connectivity index (χ1n) is 10.1. The minimum absolute atomic E-state index is 0.149. The monoisotopic (exact) mass is 386 g/mol. The van der Waals surface area contributed by atoms with Crippen molar-refractivity contribution >= 4 is 23.1 Å². The second-order valence-corrected chi connectivity index (χ2v) is 7.44. The second kappa shape index (κ2) is 8.78. The molecule has 0 bridgehead atoms. The summed E-state index contributed by atoms with van der Waals surface area (Å²) in [6.07, 6.45) is 4.13. The van der Waals surface area contributed by atoms with E-state index < -0.39 is 0 Å². The van der Waals surface area contributed by atoms with Crippen molar-refractivity contribution < 1.29 is 4.79 Å². The van der Waals surface area contributed by atoms with Gasteiger partial charge < -0.3 is 15.1 Å². The lowest BCUT2D eigenvalue weighted by atomic mass is 10.2. The van der Waals surface area contributed by atoms with E-state index >= 15 is 0 Å². The molecule has 29 heavy (non-hydrogen) atoms. The van der Waals surface area contributed by atoms with Crippen LogP contribution in [-0.2, 0) is 6.54 Å². The van der Waals surface area contributed by atoms with Crippen molar-refractivity contribution in [1.82, 2.24) is 4.98 Å². The number of carbonyl (C=O) groups is 1. The lowest BCUT2D eigenvalue weighted by Gasteiger charge is -2.18. The molecule has 1 aliphatic rings. The average Bonchev–Trinajstić information content (AvgIpc) is 3.30. The van der Waals surface area contributed by atoms with Crippen LogP contribution < -0.4 is 15.1 Å². The molecule has 0 spiro atoms. The summed E-state index contributed by atoms with van der Waals surface area (Å²) in [7, 11) is 2.00. The molecule has 5 nitrogen and oxygen atoms in total. The van der Waals surface area contributed by atoms with Crippen LogP contribution in [0.3, 0.4) is 0 Å². The van der Waals surface area contributed by atoms with Gasteiger partial charge >= 0.3 is 0 Å². The van der Waals surface area contributed by atoms with Gasteiger partial charge in [0.25, 0.3) is 5.91 Å². The van der Waals surface area contributed by atoms with Gasteiger partial charge in [-0.3, -0.25) is 4.79 Å². The number of anilines is 3. The molecule has 5 heteroatoms. The van der Waals surface area contributed by atoms with Crippen molar-refractivity contribution in [2.45, 2.75) is 19.4 Å². The topological polar surface area (TPSA) is 48.5 Å². The molecule has 1 saturated heterocycles. The van der Waals surface area contributed by atoms with E-state index in [4.69, 9.17) is 0 Å². The average molecular weight is 386 g/mol. The molecule has 0 aliphatic carbocycles.